The van der Waals surface area contributed by atoms with E-state index in [-0.39, 0.29) is 24.0 Å². The standard InChI is InChI=1S/C31H37N3O3S.HI/c1-33-28-17-9-10-18-29(28)38-30(33)22-23-19-21-34(27-16-8-7-14-25(23)27)20-11-3-5-13-24(35)12-4-2-6-15-26(32)31(36)37;/h7-10,14,16-19,21-22,26H,2-6,11-13,15,20,32H2,1H3;1H. The maximum Gasteiger partial charge on any atom is 0.213 e. The number of rotatable bonds is 14. The summed E-state index contributed by atoms with van der Waals surface area (Å²) in [5, 5.41) is 13.2. The molecule has 2 heterocycles. The van der Waals surface area contributed by atoms with Crippen LogP contribution in [0.5, 0.6) is 0 Å². The van der Waals surface area contributed by atoms with Gasteiger partial charge >= 0.3 is 0 Å². The number of carboxylic acids is 1. The molecule has 6 nitrogen and oxygen atoms in total. The first-order chi connectivity index (χ1) is 18.4. The van der Waals surface area contributed by atoms with E-state index in [2.05, 4.69) is 89.1 Å². The van der Waals surface area contributed by atoms with Crippen LogP contribution in [-0.2, 0) is 16.1 Å². The summed E-state index contributed by atoms with van der Waals surface area (Å²) < 4.78 is 2.32. The van der Waals surface area contributed by atoms with Crippen molar-refractivity contribution in [2.24, 2.45) is 0 Å². The molecule has 39 heavy (non-hydrogen) atoms. The molecule has 1 aliphatic rings. The molecule has 1 atom stereocenters. The van der Waals surface area contributed by atoms with Crippen LogP contribution in [0.15, 0.2) is 70.7 Å². The molecule has 8 heteroatoms. The Kier molecular flexibility index (Phi) is 12.3. The number of anilines is 1. The lowest BCUT2D eigenvalue weighted by atomic mass is 10.0. The molecule has 0 aliphatic carbocycles. The van der Waals surface area contributed by atoms with E-state index in [1.807, 2.05) is 11.8 Å². The number of nitrogens with zero attached hydrogens (tertiary/aromatic N) is 2. The number of aromatic nitrogens is 1. The van der Waals surface area contributed by atoms with Gasteiger partial charge in [-0.05, 0) is 55.5 Å². The summed E-state index contributed by atoms with van der Waals surface area (Å²) in [6.45, 7) is 0.927. The van der Waals surface area contributed by atoms with E-state index in [9.17, 15) is 14.7 Å². The number of carbonyl (C=O) groups excluding carboxylic acids is 2. The van der Waals surface area contributed by atoms with Gasteiger partial charge in [-0.1, -0.05) is 42.4 Å². The lowest BCUT2D eigenvalue weighted by Gasteiger charge is -2.13. The van der Waals surface area contributed by atoms with Crippen molar-refractivity contribution >= 4 is 46.2 Å². The number of aryl methyl sites for hydroxylation is 1. The van der Waals surface area contributed by atoms with E-state index >= 15 is 0 Å². The van der Waals surface area contributed by atoms with Gasteiger partial charge in [-0.3, -0.25) is 4.79 Å². The second-order valence-corrected chi connectivity index (χ2v) is 11.1. The number of para-hydroxylation sites is 2. The highest BCUT2D eigenvalue weighted by atomic mass is 127. The number of hydrogen-bond acceptors (Lipinski definition) is 5. The molecule has 1 aromatic heterocycles. The van der Waals surface area contributed by atoms with Crippen LogP contribution >= 0.6 is 11.8 Å². The van der Waals surface area contributed by atoms with Gasteiger partial charge in [0.25, 0.3) is 0 Å². The van der Waals surface area contributed by atoms with E-state index in [0.29, 0.717) is 25.0 Å². The Hall–Kier alpha value is -2.43. The number of unbranched alkanes of at least 4 members (excludes halogenated alkanes) is 4. The minimum Gasteiger partial charge on any atom is -1.00 e. The van der Waals surface area contributed by atoms with Crippen LogP contribution in [0.1, 0.15) is 63.4 Å². The highest BCUT2D eigenvalue weighted by Gasteiger charge is 2.22. The topological polar surface area (TPSA) is 92.0 Å². The number of hydrogen-bond donors (Lipinski definition) is 1. The van der Waals surface area contributed by atoms with Crippen LogP contribution in [0.3, 0.4) is 0 Å². The molecule has 0 fully saturated rings. The zero-order valence-electron chi connectivity index (χ0n) is 22.6. The number of benzene rings is 2. The summed E-state index contributed by atoms with van der Waals surface area (Å²) in [7, 11) is 2.12. The van der Waals surface area contributed by atoms with Gasteiger partial charge in [-0.25, -0.2) is 0 Å². The van der Waals surface area contributed by atoms with Crippen LogP contribution in [0.4, 0.5) is 5.69 Å². The average molecular weight is 660 g/mol. The van der Waals surface area contributed by atoms with Crippen LogP contribution in [-0.4, -0.2) is 24.8 Å². The Labute approximate surface area is 252 Å². The predicted octanol–water partition coefficient (Wildman–Crippen LogP) is 1.11. The number of Topliss-reactive ketones (excluding diaryl/α,β-unsaturated/α-hetero) is 1. The van der Waals surface area contributed by atoms with Crippen molar-refractivity contribution in [2.45, 2.75) is 75.3 Å². The molecule has 0 spiro atoms. The molecule has 1 unspecified atom stereocenters. The summed E-state index contributed by atoms with van der Waals surface area (Å²) in [5.41, 5.74) is 7.26. The van der Waals surface area contributed by atoms with Gasteiger partial charge in [-0.2, -0.15) is 4.57 Å². The fourth-order valence-corrected chi connectivity index (χ4v) is 6.03. The third-order valence-corrected chi connectivity index (χ3v) is 8.37. The maximum atomic E-state index is 12.2. The summed E-state index contributed by atoms with van der Waals surface area (Å²) in [6, 6.07) is 18.6. The quantitative estimate of drug-likeness (QED) is 0.159. The molecule has 3 aromatic rings. The molecule has 1 aliphatic heterocycles. The van der Waals surface area contributed by atoms with Crippen molar-refractivity contribution in [1.29, 1.82) is 0 Å². The monoisotopic (exact) mass is 659 g/mol. The molecule has 0 saturated heterocycles. The van der Waals surface area contributed by atoms with Gasteiger partial charge in [0.1, 0.15) is 18.4 Å². The third kappa shape index (κ3) is 8.53. The Morgan fingerprint density at radius 1 is 0.974 bits per heavy atom. The van der Waals surface area contributed by atoms with Crippen molar-refractivity contribution in [3.8, 4) is 0 Å². The Morgan fingerprint density at radius 2 is 1.67 bits per heavy atom. The van der Waals surface area contributed by atoms with E-state index in [0.717, 1.165) is 45.1 Å². The molecule has 2 aromatic carbocycles. The van der Waals surface area contributed by atoms with Gasteiger partial charge in [-0.15, -0.1) is 0 Å². The van der Waals surface area contributed by atoms with Crippen molar-refractivity contribution in [3.63, 3.8) is 0 Å². The molecular formula is C31H38IN3O3S. The minimum absolute atomic E-state index is 0. The number of carbonyl (C=O) groups is 2. The lowest BCUT2D eigenvalue weighted by molar-refractivity contribution is -0.671. The molecule has 208 valence electrons. The zero-order valence-corrected chi connectivity index (χ0v) is 25.6. The lowest BCUT2D eigenvalue weighted by Crippen LogP contribution is -3.00. The number of carboxylic acid groups (broad SMARTS) is 1. The smallest absolute Gasteiger partial charge is 0.213 e. The first kappa shape index (κ1) is 31.1. The summed E-state index contributed by atoms with van der Waals surface area (Å²) in [6.07, 6.45) is 11.6. The maximum absolute atomic E-state index is 12.2. The highest BCUT2D eigenvalue weighted by molar-refractivity contribution is 8.03. The zero-order chi connectivity index (χ0) is 26.9. The van der Waals surface area contributed by atoms with Crippen LogP contribution < -0.4 is 44.3 Å². The van der Waals surface area contributed by atoms with Gasteiger partial charge < -0.3 is 44.5 Å². The highest BCUT2D eigenvalue weighted by Crippen LogP contribution is 2.45. The van der Waals surface area contributed by atoms with Crippen molar-refractivity contribution in [2.75, 3.05) is 11.9 Å². The van der Waals surface area contributed by atoms with Gasteiger partial charge in [0, 0.05) is 49.8 Å². The number of halogens is 1. The Morgan fingerprint density at radius 3 is 2.41 bits per heavy atom. The molecule has 0 radical (unpaired) electrons. The van der Waals surface area contributed by atoms with Crippen LogP contribution in [0.2, 0.25) is 0 Å². The fourth-order valence-electron chi connectivity index (χ4n) is 4.92. The second kappa shape index (κ2) is 15.4. The van der Waals surface area contributed by atoms with Gasteiger partial charge in [0.15, 0.2) is 6.20 Å². The summed E-state index contributed by atoms with van der Waals surface area (Å²) >= 11 is 1.81. The molecule has 0 amide bonds. The molecule has 3 N–H and O–H groups in total. The molecule has 0 bridgehead atoms. The van der Waals surface area contributed by atoms with E-state index in [1.54, 1.807) is 0 Å². The first-order valence-electron chi connectivity index (χ1n) is 13.6. The number of aliphatic carboxylic acids is 1. The van der Waals surface area contributed by atoms with E-state index in [4.69, 9.17) is 0 Å². The van der Waals surface area contributed by atoms with Gasteiger partial charge in [0.05, 0.1) is 22.1 Å². The van der Waals surface area contributed by atoms with Crippen molar-refractivity contribution in [1.82, 2.24) is 0 Å². The SMILES string of the molecule is CN1C(=Cc2cc[n+](CCCCCC(=O)CCCCCC([NH3+])C(=O)[O-])c3ccccc23)Sc2ccccc21.[I-]. The summed E-state index contributed by atoms with van der Waals surface area (Å²) in [5.74, 6) is -0.786. The number of quaternary nitrogens is 1. The van der Waals surface area contributed by atoms with Crippen LogP contribution in [0.25, 0.3) is 17.0 Å². The van der Waals surface area contributed by atoms with Gasteiger partial charge in [0.2, 0.25) is 5.52 Å². The third-order valence-electron chi connectivity index (χ3n) is 7.21. The minimum atomic E-state index is -1.09. The summed E-state index contributed by atoms with van der Waals surface area (Å²) in [4.78, 5) is 26.4. The molecule has 4 rings (SSSR count). The number of thioether (sulfide) groups is 1. The second-order valence-electron chi connectivity index (χ2n) is 10.1. The molecule has 0 saturated carbocycles. The van der Waals surface area contributed by atoms with Crippen molar-refractivity contribution in [3.05, 3.63) is 71.4 Å². The normalized spacial score (nSPS) is 14.3. The Balaban J connectivity index is 0.00000420. The average Bonchev–Trinajstić information content (AvgIpc) is 3.24. The van der Waals surface area contributed by atoms with E-state index in [1.165, 1.54) is 32.1 Å². The predicted molar refractivity (Wildman–Crippen MR) is 151 cm³/mol. The van der Waals surface area contributed by atoms with E-state index < -0.39 is 12.0 Å². The first-order valence-corrected chi connectivity index (χ1v) is 14.4. The number of ketones is 1. The number of pyridine rings is 1. The molecular weight excluding hydrogens is 621 g/mol. The van der Waals surface area contributed by atoms with Crippen molar-refractivity contribution < 1.29 is 49.0 Å². The Bertz CT molecular complexity index is 1310. The number of fused-ring (bicyclic) bond motifs is 2. The largest absolute Gasteiger partial charge is 1.00 e. The fraction of sp³-hybridized carbons (Fsp3) is 0.387. The van der Waals surface area contributed by atoms with Crippen LogP contribution in [0, 0.1) is 0 Å².